The van der Waals surface area contributed by atoms with E-state index in [4.69, 9.17) is 61.6 Å². The highest BCUT2D eigenvalue weighted by Gasteiger charge is 2.62. The molecule has 0 aromatic heterocycles. The van der Waals surface area contributed by atoms with E-state index in [1.807, 2.05) is 0 Å². The van der Waals surface area contributed by atoms with Crippen LogP contribution in [0.25, 0.3) is 0 Å². The van der Waals surface area contributed by atoms with Crippen LogP contribution in [0, 0.1) is 61.1 Å². The van der Waals surface area contributed by atoms with Gasteiger partial charge < -0.3 is 5.11 Å². The second kappa shape index (κ2) is 18.0. The van der Waals surface area contributed by atoms with E-state index in [2.05, 4.69) is 85.4 Å². The van der Waals surface area contributed by atoms with Gasteiger partial charge in [0.15, 0.2) is 0 Å². The molecule has 0 spiro atoms. The minimum atomic E-state index is -4.67. The van der Waals surface area contributed by atoms with Crippen LogP contribution in [0.1, 0.15) is 170 Å². The molecule has 12 saturated carbocycles. The lowest BCUT2D eigenvalue weighted by Gasteiger charge is -2.65. The van der Waals surface area contributed by atoms with Crippen LogP contribution in [0.2, 0.25) is 0 Å². The zero-order valence-corrected chi connectivity index (χ0v) is 42.0. The molecule has 0 aromatic carbocycles. The van der Waals surface area contributed by atoms with Gasteiger partial charge in [-0.15, -0.1) is 0 Å². The van der Waals surface area contributed by atoms with Crippen molar-refractivity contribution in [1.29, 1.82) is 0 Å². The summed E-state index contributed by atoms with van der Waals surface area (Å²) in [6.07, 6.45) is 25.3. The molecule has 58 heavy (non-hydrogen) atoms. The van der Waals surface area contributed by atoms with Crippen LogP contribution in [0.4, 0.5) is 0 Å². The van der Waals surface area contributed by atoms with Crippen LogP contribution in [0.3, 0.4) is 0 Å². The molecule has 3 N–H and O–H groups in total. The Kier molecular flexibility index (Phi) is 16.0. The van der Waals surface area contributed by atoms with Crippen LogP contribution in [-0.2, 0) is 29.2 Å². The zero-order valence-electron chi connectivity index (χ0n) is 35.0. The van der Waals surface area contributed by atoms with Gasteiger partial charge in [-0.05, 0) is 188 Å². The monoisotopic (exact) mass is 1020 g/mol. The molecule has 0 amide bonds. The summed E-state index contributed by atoms with van der Waals surface area (Å²) in [6.45, 7) is 17.8. The minimum absolute atomic E-state index is 0.111. The minimum Gasteiger partial charge on any atom is -0.481 e. The second-order valence-corrected chi connectivity index (χ2v) is 29.7. The Morgan fingerprint density at radius 2 is 0.845 bits per heavy atom. The number of halogens is 6. The summed E-state index contributed by atoms with van der Waals surface area (Å²) >= 11 is 19.4. The van der Waals surface area contributed by atoms with Crippen LogP contribution in [-0.4, -0.2) is 42.4 Å². The van der Waals surface area contributed by atoms with Gasteiger partial charge in [-0.1, -0.05) is 87.3 Å². The number of hydrogen-bond donors (Lipinski definition) is 3. The van der Waals surface area contributed by atoms with Crippen molar-refractivity contribution in [1.82, 2.24) is 0 Å². The maximum Gasteiger partial charge on any atom is 0.394 e. The molecule has 0 heterocycles. The van der Waals surface area contributed by atoms with E-state index in [-0.39, 0.29) is 20.6 Å². The summed E-state index contributed by atoms with van der Waals surface area (Å²) in [6, 6.07) is 0. The number of rotatable bonds is 4. The van der Waals surface area contributed by atoms with Gasteiger partial charge in [-0.25, -0.2) is 4.21 Å². The van der Waals surface area contributed by atoms with Gasteiger partial charge in [-0.3, -0.25) is 18.7 Å². The van der Waals surface area contributed by atoms with E-state index in [9.17, 15) is 9.59 Å². The molecule has 0 saturated heterocycles. The van der Waals surface area contributed by atoms with Crippen LogP contribution < -0.4 is 0 Å². The fourth-order valence-electron chi connectivity index (χ4n) is 17.7. The normalized spacial score (nSPS) is 46.4. The summed E-state index contributed by atoms with van der Waals surface area (Å²) in [5.74, 6) is 2.12. The topological polar surface area (TPSA) is 146 Å². The van der Waals surface area contributed by atoms with E-state index in [0.29, 0.717) is 49.7 Å². The summed E-state index contributed by atoms with van der Waals surface area (Å²) in [7, 11) is 2.69. The third kappa shape index (κ3) is 14.7. The molecule has 12 fully saturated rings. The third-order valence-electron chi connectivity index (χ3n) is 15.1. The lowest BCUT2D eigenvalue weighted by Crippen LogP contribution is -2.55. The summed E-state index contributed by atoms with van der Waals surface area (Å²) in [5.41, 5.74) is 3.67. The predicted molar refractivity (Wildman–Crippen MR) is 241 cm³/mol. The molecule has 12 bridgehead atoms. The van der Waals surface area contributed by atoms with Crippen molar-refractivity contribution in [3.8, 4) is 0 Å². The van der Waals surface area contributed by atoms with Crippen molar-refractivity contribution in [3.63, 3.8) is 0 Å². The number of carboxylic acid groups (broad SMARTS) is 1. The molecular weight excluding hydrogens is 954 g/mol. The Balaban J connectivity index is 0.000000168. The van der Waals surface area contributed by atoms with Gasteiger partial charge in [-0.2, -0.15) is 8.42 Å². The zero-order chi connectivity index (χ0) is 44.2. The predicted octanol–water partition coefficient (Wildman–Crippen LogP) is 14.1. The first-order chi connectivity index (χ1) is 26.0. The molecule has 12 aliphatic carbocycles. The maximum absolute atomic E-state index is 11.3. The van der Waals surface area contributed by atoms with Crippen molar-refractivity contribution in [2.75, 3.05) is 0 Å². The first-order valence-electron chi connectivity index (χ1n) is 20.5. The van der Waals surface area contributed by atoms with Crippen LogP contribution in [0.5, 0.6) is 0 Å². The quantitative estimate of drug-likeness (QED) is 0.143. The number of carboxylic acids is 1. The maximum atomic E-state index is 11.3. The molecule has 6 unspecified atom stereocenters. The average molecular weight is 1020 g/mol. The number of aliphatic carboxylic acids is 1. The summed E-state index contributed by atoms with van der Waals surface area (Å²) in [5, 5.41) is 9.02. The Hall–Kier alpha value is 0.830. The van der Waals surface area contributed by atoms with Crippen molar-refractivity contribution < 1.29 is 36.4 Å². The Labute approximate surface area is 383 Å². The van der Waals surface area contributed by atoms with Crippen LogP contribution in [0.15, 0.2) is 11.1 Å². The van der Waals surface area contributed by atoms with E-state index in [1.165, 1.54) is 116 Å². The lowest BCUT2D eigenvalue weighted by atomic mass is 9.40. The first kappa shape index (κ1) is 51.5. The van der Waals surface area contributed by atoms with E-state index < -0.39 is 25.6 Å². The highest BCUT2D eigenvalue weighted by atomic mass is 79.9. The molecule has 8 nitrogen and oxygen atoms in total. The lowest BCUT2D eigenvalue weighted by molar-refractivity contribution is -0.164. The van der Waals surface area contributed by atoms with E-state index in [1.54, 1.807) is 0 Å². The van der Waals surface area contributed by atoms with Crippen molar-refractivity contribution in [2.24, 2.45) is 61.1 Å². The highest BCUT2D eigenvalue weighted by Crippen LogP contribution is 2.72. The molecule has 0 aromatic rings. The Morgan fingerprint density at radius 1 is 0.603 bits per heavy atom. The van der Waals surface area contributed by atoms with E-state index in [0.717, 1.165) is 17.8 Å². The van der Waals surface area contributed by atoms with Crippen LogP contribution >= 0.6 is 72.1 Å². The number of alkyl halides is 1. The second-order valence-electron chi connectivity index (χ2n) is 23.1. The molecule has 12 aliphatic rings. The van der Waals surface area contributed by atoms with Gasteiger partial charge in [0.1, 0.15) is 0 Å². The van der Waals surface area contributed by atoms with Gasteiger partial charge in [0.25, 0.3) is 0 Å². The van der Waals surface area contributed by atoms with Gasteiger partial charge >= 0.3 is 16.4 Å². The first-order valence-corrected chi connectivity index (χ1v) is 26.7. The Bertz CT molecular complexity index is 1530. The molecule has 0 radical (unpaired) electrons. The average Bonchev–Trinajstić information content (AvgIpc) is 2.83. The number of hydrogen-bond acceptors (Lipinski definition) is 5. The molecule has 0 aliphatic heterocycles. The van der Waals surface area contributed by atoms with Gasteiger partial charge in [0.05, 0.1) is 10.9 Å². The summed E-state index contributed by atoms with van der Waals surface area (Å²) in [4.78, 5) is 22.4. The Morgan fingerprint density at radius 3 is 1.05 bits per heavy atom. The fraction of sp³-hybridized carbons (Fsp3) is 0.905. The third-order valence-corrected chi connectivity index (χ3v) is 16.1. The summed E-state index contributed by atoms with van der Waals surface area (Å²) < 4.78 is 41.3. The molecule has 336 valence electrons. The number of carbonyl (C=O) groups excluding carboxylic acids is 1. The van der Waals surface area contributed by atoms with Crippen molar-refractivity contribution in [3.05, 3.63) is 11.1 Å². The van der Waals surface area contributed by atoms with Crippen molar-refractivity contribution >= 4 is 103 Å². The standard InChI is InChI=1S/C14H21ClO.C14H22O2.C12H19Br.C2H2Cl2.Cl2OS.H2O4S/c2*1-12-3-10-4-13(2,7-12)9-14(5-10,8-12)6-11(15)16;1-10-3-9-4-11(2,6-10)8-12(13,5-9)7-10;1-2(3)4;1-4(2)3;1-5(2,3)4/h10H,3-9H2,1-2H3;10H,3-9H2,1-2H3,(H,15,16);9H,3-8H2,1-2H3;1H2;;(H2,1,2,3,4). The van der Waals surface area contributed by atoms with Crippen molar-refractivity contribution in [2.45, 2.75) is 174 Å². The number of carbonyl (C=O) groups is 2. The van der Waals surface area contributed by atoms with E-state index >= 15 is 0 Å². The smallest absolute Gasteiger partial charge is 0.394 e. The van der Waals surface area contributed by atoms with Gasteiger partial charge in [0.2, 0.25) is 14.5 Å². The fourth-order valence-corrected chi connectivity index (χ4v) is 19.8. The molecule has 16 heteroatoms. The SMILES string of the molecule is C=C(Cl)Cl.CC12CC3CC(C)(C1)CC(Br)(C3)C2.CC12CC3CC(C)(C1)CC(CC(=O)Cl)(C3)C2.CC12CC3CC(C)(C1)CC(CC(=O)O)(C3)C2.O=S(=O)(O)O.O=S(Cl)Cl. The van der Waals surface area contributed by atoms with Gasteiger partial charge in [0, 0.05) is 32.1 Å². The molecule has 12 rings (SSSR count). The molecular formula is C42H66BrCl5O8S2. The largest absolute Gasteiger partial charge is 0.481 e. The molecule has 6 atom stereocenters. The highest BCUT2D eigenvalue weighted by molar-refractivity contribution is 9.10.